The maximum atomic E-state index is 14.8. The van der Waals surface area contributed by atoms with Crippen LogP contribution in [-0.4, -0.2) is 27.3 Å². The van der Waals surface area contributed by atoms with Crippen LogP contribution in [0.15, 0.2) is 36.8 Å². The lowest BCUT2D eigenvalue weighted by atomic mass is 9.96. The molecule has 1 aromatic carbocycles. The second kappa shape index (κ2) is 8.05. The van der Waals surface area contributed by atoms with Crippen LogP contribution in [0.1, 0.15) is 49.9 Å². The lowest BCUT2D eigenvalue weighted by Crippen LogP contribution is -2.19. The Kier molecular flexibility index (Phi) is 5.29. The number of ether oxygens (including phenoxy) is 1. The number of aromatic nitrogens is 3. The number of rotatable bonds is 6. The maximum absolute atomic E-state index is 14.8. The molecule has 152 valence electrons. The number of hydrogen-bond donors (Lipinski definition) is 1. The first-order valence-corrected chi connectivity index (χ1v) is 9.53. The van der Waals surface area contributed by atoms with Gasteiger partial charge in [-0.05, 0) is 42.7 Å². The molecule has 0 radical (unpaired) electrons. The molecule has 0 amide bonds. The van der Waals surface area contributed by atoms with E-state index in [1.165, 1.54) is 6.20 Å². The van der Waals surface area contributed by atoms with Gasteiger partial charge in [-0.15, -0.1) is 0 Å². The topological polar surface area (TPSA) is 92.8 Å². The molecule has 0 saturated heterocycles. The quantitative estimate of drug-likeness (QED) is 0.633. The maximum Gasteiger partial charge on any atom is 0.338 e. The number of carbonyl (C=O) groups is 1. The fourth-order valence-corrected chi connectivity index (χ4v) is 3.52. The summed E-state index contributed by atoms with van der Waals surface area (Å²) < 4.78 is 21.5. The number of pyridine rings is 1. The zero-order valence-electron chi connectivity index (χ0n) is 16.6. The van der Waals surface area contributed by atoms with Crippen molar-refractivity contribution in [2.45, 2.75) is 33.2 Å². The molecule has 1 N–H and O–H groups in total. The molecule has 0 fully saturated rings. The van der Waals surface area contributed by atoms with Gasteiger partial charge >= 0.3 is 5.97 Å². The van der Waals surface area contributed by atoms with Gasteiger partial charge in [0.2, 0.25) is 0 Å². The smallest absolute Gasteiger partial charge is 0.338 e. The second-order valence-corrected chi connectivity index (χ2v) is 7.24. The minimum Gasteiger partial charge on any atom is -0.457 e. The van der Waals surface area contributed by atoms with Crippen LogP contribution in [0.3, 0.4) is 0 Å². The average Bonchev–Trinajstić information content (AvgIpc) is 3.36. The normalized spacial score (nSPS) is 13.6. The van der Waals surface area contributed by atoms with E-state index in [4.69, 9.17) is 10.00 Å². The summed E-state index contributed by atoms with van der Waals surface area (Å²) in [5, 5.41) is 16.4. The number of benzene rings is 1. The van der Waals surface area contributed by atoms with Gasteiger partial charge in [0.15, 0.2) is 5.82 Å². The third kappa shape index (κ3) is 3.67. The van der Waals surface area contributed by atoms with Gasteiger partial charge in [-0.25, -0.2) is 18.9 Å². The van der Waals surface area contributed by atoms with Crippen LogP contribution in [0.5, 0.6) is 0 Å². The zero-order valence-corrected chi connectivity index (χ0v) is 16.6. The number of aryl methyl sites for hydroxylation is 1. The summed E-state index contributed by atoms with van der Waals surface area (Å²) in [4.78, 5) is 15.9. The van der Waals surface area contributed by atoms with Crippen LogP contribution in [0, 0.1) is 25.2 Å². The molecule has 1 aliphatic heterocycles. The van der Waals surface area contributed by atoms with Crippen LogP contribution < -0.4 is 5.32 Å². The Morgan fingerprint density at radius 2 is 2.20 bits per heavy atom. The Labute approximate surface area is 173 Å². The van der Waals surface area contributed by atoms with Crippen LogP contribution >= 0.6 is 0 Å². The molecule has 4 rings (SSSR count). The Balaban J connectivity index is 1.38. The molecule has 3 aromatic rings. The molecule has 30 heavy (non-hydrogen) atoms. The molecule has 1 aliphatic rings. The van der Waals surface area contributed by atoms with Crippen molar-refractivity contribution in [1.82, 2.24) is 20.1 Å². The fraction of sp³-hybridized carbons (Fsp3) is 0.273. The summed E-state index contributed by atoms with van der Waals surface area (Å²) in [6, 6.07) is 7.18. The van der Waals surface area contributed by atoms with Crippen molar-refractivity contribution >= 4 is 5.97 Å². The molecular formula is C22H20FN5O2. The number of nitriles is 1. The van der Waals surface area contributed by atoms with Gasteiger partial charge in [-0.2, -0.15) is 10.4 Å². The van der Waals surface area contributed by atoms with Gasteiger partial charge in [-0.3, -0.25) is 0 Å². The van der Waals surface area contributed by atoms with Gasteiger partial charge in [0, 0.05) is 36.6 Å². The van der Waals surface area contributed by atoms with Crippen molar-refractivity contribution in [3.8, 4) is 11.9 Å². The third-order valence-electron chi connectivity index (χ3n) is 5.29. The van der Waals surface area contributed by atoms with E-state index < -0.39 is 6.17 Å². The number of fused-ring (bicyclic) bond motifs is 1. The number of esters is 1. The lowest BCUT2D eigenvalue weighted by molar-refractivity contribution is 0.0535. The van der Waals surface area contributed by atoms with Gasteiger partial charge in [0.25, 0.3) is 0 Å². The van der Waals surface area contributed by atoms with E-state index in [9.17, 15) is 9.18 Å². The predicted molar refractivity (Wildman–Crippen MR) is 107 cm³/mol. The summed E-state index contributed by atoms with van der Waals surface area (Å²) in [6.07, 6.45) is 3.83. The standard InChI is InChI=1S/C22H20FN5O2/c1-13-5-21(26-9-16(13)6-24)28-11-15(8-27-28)7-25-10-20(23)17-3-4-18-19(14(17)2)12-30-22(18)29/h3-5,8-9,11,20,25H,7,10,12H2,1-2H3/t20-/m0/s1. The Morgan fingerprint density at radius 1 is 1.37 bits per heavy atom. The molecule has 3 heterocycles. The van der Waals surface area contributed by atoms with E-state index in [1.54, 1.807) is 29.1 Å². The first-order chi connectivity index (χ1) is 14.5. The second-order valence-electron chi connectivity index (χ2n) is 7.24. The summed E-state index contributed by atoms with van der Waals surface area (Å²) in [7, 11) is 0. The number of hydrogen-bond acceptors (Lipinski definition) is 6. The number of nitrogens with zero attached hydrogens (tertiary/aromatic N) is 4. The highest BCUT2D eigenvalue weighted by Gasteiger charge is 2.26. The van der Waals surface area contributed by atoms with Crippen LogP contribution in [0.4, 0.5) is 4.39 Å². The summed E-state index contributed by atoms with van der Waals surface area (Å²) in [5.41, 5.74) is 4.86. The highest BCUT2D eigenvalue weighted by Crippen LogP contribution is 2.30. The number of alkyl halides is 1. The van der Waals surface area contributed by atoms with Gasteiger partial charge < -0.3 is 10.1 Å². The van der Waals surface area contributed by atoms with E-state index in [-0.39, 0.29) is 19.1 Å². The lowest BCUT2D eigenvalue weighted by Gasteiger charge is -2.14. The summed E-state index contributed by atoms with van der Waals surface area (Å²) >= 11 is 0. The molecule has 0 spiro atoms. The molecule has 0 saturated carbocycles. The zero-order chi connectivity index (χ0) is 21.3. The molecule has 1 atom stereocenters. The van der Waals surface area contributed by atoms with Gasteiger partial charge in [0.05, 0.1) is 17.3 Å². The molecule has 8 heteroatoms. The SMILES string of the molecule is Cc1cc(-n2cc(CNC[C@H](F)c3ccc4c(c3C)COC4=O)cn2)ncc1C#N. The Morgan fingerprint density at radius 3 is 2.97 bits per heavy atom. The predicted octanol–water partition coefficient (Wildman–Crippen LogP) is 3.23. The highest BCUT2D eigenvalue weighted by atomic mass is 19.1. The molecule has 2 aromatic heterocycles. The largest absolute Gasteiger partial charge is 0.457 e. The van der Waals surface area contributed by atoms with Crippen molar-refractivity contribution in [3.05, 3.63) is 75.7 Å². The summed E-state index contributed by atoms with van der Waals surface area (Å²) in [6.45, 7) is 4.45. The number of carbonyl (C=O) groups excluding carboxylic acids is 1. The number of halogens is 1. The highest BCUT2D eigenvalue weighted by molar-refractivity contribution is 5.93. The Hall–Kier alpha value is -3.57. The van der Waals surface area contributed by atoms with E-state index in [2.05, 4.69) is 21.5 Å². The first kappa shape index (κ1) is 19.7. The van der Waals surface area contributed by atoms with Crippen LogP contribution in [0.2, 0.25) is 0 Å². The third-order valence-corrected chi connectivity index (χ3v) is 5.29. The van der Waals surface area contributed by atoms with E-state index in [0.29, 0.717) is 29.1 Å². The van der Waals surface area contributed by atoms with Crippen LogP contribution in [0.25, 0.3) is 5.82 Å². The van der Waals surface area contributed by atoms with Crippen molar-refractivity contribution in [3.63, 3.8) is 0 Å². The first-order valence-electron chi connectivity index (χ1n) is 9.53. The monoisotopic (exact) mass is 405 g/mol. The minimum atomic E-state index is -1.20. The van der Waals surface area contributed by atoms with Crippen molar-refractivity contribution < 1.29 is 13.9 Å². The van der Waals surface area contributed by atoms with E-state index >= 15 is 0 Å². The molecule has 0 bridgehead atoms. The van der Waals surface area contributed by atoms with Crippen molar-refractivity contribution in [1.29, 1.82) is 5.26 Å². The van der Waals surface area contributed by atoms with E-state index in [1.807, 2.05) is 20.0 Å². The number of cyclic esters (lactones) is 1. The average molecular weight is 405 g/mol. The molecule has 0 unspecified atom stereocenters. The Bertz CT molecular complexity index is 1160. The van der Waals surface area contributed by atoms with E-state index in [0.717, 1.165) is 22.3 Å². The van der Waals surface area contributed by atoms with Gasteiger partial charge in [-0.1, -0.05) is 6.07 Å². The fourth-order valence-electron chi connectivity index (χ4n) is 3.52. The van der Waals surface area contributed by atoms with Gasteiger partial charge in [0.1, 0.15) is 18.8 Å². The molecule has 0 aliphatic carbocycles. The van der Waals surface area contributed by atoms with Crippen LogP contribution in [-0.2, 0) is 17.9 Å². The minimum absolute atomic E-state index is 0.133. The molecule has 7 nitrogen and oxygen atoms in total. The van der Waals surface area contributed by atoms with Crippen molar-refractivity contribution in [2.24, 2.45) is 0 Å². The molecular weight excluding hydrogens is 385 g/mol. The number of nitrogens with one attached hydrogen (secondary N) is 1. The summed E-state index contributed by atoms with van der Waals surface area (Å²) in [5.74, 6) is 0.267. The van der Waals surface area contributed by atoms with Crippen molar-refractivity contribution in [2.75, 3.05) is 6.54 Å².